The molecule has 0 spiro atoms. The Balaban J connectivity index is 2.02. The zero-order valence-electron chi connectivity index (χ0n) is 10.3. The molecule has 1 saturated heterocycles. The number of piperazine rings is 1. The van der Waals surface area contributed by atoms with Gasteiger partial charge in [-0.25, -0.2) is 9.59 Å². The van der Waals surface area contributed by atoms with Crippen molar-refractivity contribution < 1.29 is 4.79 Å². The Morgan fingerprint density at radius 1 is 1.50 bits per heavy atom. The first kappa shape index (κ1) is 12.6. The van der Waals surface area contributed by atoms with Gasteiger partial charge in [-0.2, -0.15) is 4.98 Å². The third-order valence-electron chi connectivity index (χ3n) is 2.85. The molecule has 18 heavy (non-hydrogen) atoms. The van der Waals surface area contributed by atoms with Crippen molar-refractivity contribution in [1.29, 1.82) is 0 Å². The van der Waals surface area contributed by atoms with Gasteiger partial charge in [0.2, 0.25) is 0 Å². The molecule has 7 nitrogen and oxygen atoms in total. The van der Waals surface area contributed by atoms with Gasteiger partial charge in [0.1, 0.15) is 5.82 Å². The van der Waals surface area contributed by atoms with Gasteiger partial charge in [-0.05, 0) is 13.0 Å². The summed E-state index contributed by atoms with van der Waals surface area (Å²) in [6.45, 7) is 5.34. The SMILES string of the molecule is CCn1ccc(NC(=O)N2CCNCC2)nc1=O. The van der Waals surface area contributed by atoms with Gasteiger partial charge in [-0.3, -0.25) is 9.88 Å². The Hall–Kier alpha value is -1.89. The van der Waals surface area contributed by atoms with Crippen LogP contribution in [0.1, 0.15) is 6.92 Å². The van der Waals surface area contributed by atoms with Crippen LogP contribution in [0.4, 0.5) is 10.6 Å². The summed E-state index contributed by atoms with van der Waals surface area (Å²) in [5.41, 5.74) is -0.351. The first-order valence-electron chi connectivity index (χ1n) is 6.05. The smallest absolute Gasteiger partial charge is 0.322 e. The number of hydrogen-bond acceptors (Lipinski definition) is 4. The van der Waals surface area contributed by atoms with Gasteiger partial charge in [0, 0.05) is 38.9 Å². The molecule has 2 heterocycles. The van der Waals surface area contributed by atoms with Crippen LogP contribution in [-0.2, 0) is 6.54 Å². The van der Waals surface area contributed by atoms with Gasteiger partial charge >= 0.3 is 11.7 Å². The Bertz CT molecular complexity index is 479. The minimum Gasteiger partial charge on any atom is -0.322 e. The van der Waals surface area contributed by atoms with Crippen LogP contribution in [0.25, 0.3) is 0 Å². The number of carbonyl (C=O) groups is 1. The maximum atomic E-state index is 11.9. The summed E-state index contributed by atoms with van der Waals surface area (Å²) in [5, 5.41) is 5.81. The summed E-state index contributed by atoms with van der Waals surface area (Å²) < 4.78 is 1.47. The highest BCUT2D eigenvalue weighted by Crippen LogP contribution is 2.01. The second-order valence-corrected chi connectivity index (χ2v) is 4.05. The number of nitrogens with one attached hydrogen (secondary N) is 2. The topological polar surface area (TPSA) is 79.3 Å². The molecular weight excluding hydrogens is 234 g/mol. The lowest BCUT2D eigenvalue weighted by Crippen LogP contribution is -2.48. The molecule has 1 aromatic heterocycles. The molecule has 0 radical (unpaired) electrons. The molecule has 0 aromatic carbocycles. The second-order valence-electron chi connectivity index (χ2n) is 4.05. The van der Waals surface area contributed by atoms with Crippen molar-refractivity contribution in [3.8, 4) is 0 Å². The zero-order valence-corrected chi connectivity index (χ0v) is 10.3. The van der Waals surface area contributed by atoms with Crippen molar-refractivity contribution in [2.45, 2.75) is 13.5 Å². The highest BCUT2D eigenvalue weighted by Gasteiger charge is 2.16. The van der Waals surface area contributed by atoms with E-state index in [0.29, 0.717) is 25.5 Å². The molecule has 98 valence electrons. The molecule has 1 aliphatic rings. The number of nitrogens with zero attached hydrogens (tertiary/aromatic N) is 3. The van der Waals surface area contributed by atoms with Gasteiger partial charge < -0.3 is 10.2 Å². The fourth-order valence-electron chi connectivity index (χ4n) is 1.80. The van der Waals surface area contributed by atoms with Crippen molar-refractivity contribution in [3.63, 3.8) is 0 Å². The highest BCUT2D eigenvalue weighted by molar-refractivity contribution is 5.88. The van der Waals surface area contributed by atoms with Crippen molar-refractivity contribution >= 4 is 11.8 Å². The van der Waals surface area contributed by atoms with Crippen LogP contribution in [0.3, 0.4) is 0 Å². The van der Waals surface area contributed by atoms with Crippen LogP contribution >= 0.6 is 0 Å². The third kappa shape index (κ3) is 2.86. The largest absolute Gasteiger partial charge is 0.349 e. The van der Waals surface area contributed by atoms with E-state index in [4.69, 9.17) is 0 Å². The van der Waals surface area contributed by atoms with E-state index in [1.807, 2.05) is 6.92 Å². The van der Waals surface area contributed by atoms with Crippen LogP contribution in [-0.4, -0.2) is 46.7 Å². The quantitative estimate of drug-likeness (QED) is 0.756. The summed E-state index contributed by atoms with van der Waals surface area (Å²) in [6, 6.07) is 1.42. The number of carbonyl (C=O) groups excluding carboxylic acids is 1. The van der Waals surface area contributed by atoms with Crippen molar-refractivity contribution in [1.82, 2.24) is 19.8 Å². The number of aromatic nitrogens is 2. The van der Waals surface area contributed by atoms with Gasteiger partial charge in [-0.1, -0.05) is 0 Å². The number of aryl methyl sites for hydroxylation is 1. The third-order valence-corrected chi connectivity index (χ3v) is 2.85. The summed E-state index contributed by atoms with van der Waals surface area (Å²) >= 11 is 0. The number of hydrogen-bond donors (Lipinski definition) is 2. The van der Waals surface area contributed by atoms with Gasteiger partial charge in [0.15, 0.2) is 0 Å². The minimum atomic E-state index is -0.351. The fourth-order valence-corrected chi connectivity index (χ4v) is 1.80. The van der Waals surface area contributed by atoms with Crippen molar-refractivity contribution in [2.24, 2.45) is 0 Å². The summed E-state index contributed by atoms with van der Waals surface area (Å²) in [6.07, 6.45) is 1.63. The van der Waals surface area contributed by atoms with E-state index in [9.17, 15) is 9.59 Å². The summed E-state index contributed by atoms with van der Waals surface area (Å²) in [4.78, 5) is 28.9. The Morgan fingerprint density at radius 2 is 2.22 bits per heavy atom. The van der Waals surface area contributed by atoms with Gasteiger partial charge in [0.05, 0.1) is 0 Å². The van der Waals surface area contributed by atoms with E-state index < -0.39 is 0 Å². The van der Waals surface area contributed by atoms with E-state index in [1.165, 1.54) is 4.57 Å². The maximum Gasteiger partial charge on any atom is 0.349 e. The minimum absolute atomic E-state index is 0.211. The van der Waals surface area contributed by atoms with Crippen LogP contribution in [0, 0.1) is 0 Å². The van der Waals surface area contributed by atoms with E-state index in [1.54, 1.807) is 17.2 Å². The van der Waals surface area contributed by atoms with Crippen LogP contribution < -0.4 is 16.3 Å². The Kier molecular flexibility index (Phi) is 3.93. The molecule has 0 bridgehead atoms. The Labute approximate surface area is 105 Å². The fraction of sp³-hybridized carbons (Fsp3) is 0.545. The summed E-state index contributed by atoms with van der Waals surface area (Å²) in [5.74, 6) is 0.299. The number of rotatable bonds is 2. The van der Waals surface area contributed by atoms with Crippen molar-refractivity contribution in [2.75, 3.05) is 31.5 Å². The lowest BCUT2D eigenvalue weighted by molar-refractivity contribution is 0.204. The van der Waals surface area contributed by atoms with Crippen LogP contribution in [0.5, 0.6) is 0 Å². The monoisotopic (exact) mass is 251 g/mol. The maximum absolute atomic E-state index is 11.9. The molecule has 0 atom stereocenters. The van der Waals surface area contributed by atoms with Gasteiger partial charge in [0.25, 0.3) is 0 Å². The molecule has 1 aromatic rings. The van der Waals surface area contributed by atoms with E-state index in [0.717, 1.165) is 13.1 Å². The Morgan fingerprint density at radius 3 is 2.83 bits per heavy atom. The zero-order chi connectivity index (χ0) is 13.0. The van der Waals surface area contributed by atoms with Crippen LogP contribution in [0.15, 0.2) is 17.1 Å². The molecule has 7 heteroatoms. The predicted octanol–water partition coefficient (Wildman–Crippen LogP) is -0.300. The van der Waals surface area contributed by atoms with Crippen molar-refractivity contribution in [3.05, 3.63) is 22.7 Å². The summed E-state index contributed by atoms with van der Waals surface area (Å²) in [7, 11) is 0. The van der Waals surface area contributed by atoms with Crippen LogP contribution in [0.2, 0.25) is 0 Å². The predicted molar refractivity (Wildman–Crippen MR) is 67.6 cm³/mol. The number of amides is 2. The molecule has 0 aliphatic carbocycles. The van der Waals surface area contributed by atoms with E-state index in [2.05, 4.69) is 15.6 Å². The average Bonchev–Trinajstić information content (AvgIpc) is 2.40. The molecule has 1 aliphatic heterocycles. The van der Waals surface area contributed by atoms with E-state index >= 15 is 0 Å². The standard InChI is InChI=1S/C11H17N5O2/c1-2-15-6-3-9(13-10(15)17)14-11(18)16-7-4-12-5-8-16/h3,6,12H,2,4-5,7-8H2,1H3,(H,13,14,17,18). The molecule has 0 saturated carbocycles. The molecule has 2 amide bonds. The first-order valence-corrected chi connectivity index (χ1v) is 6.05. The highest BCUT2D eigenvalue weighted by atomic mass is 16.2. The normalized spacial score (nSPS) is 15.5. The molecular formula is C11H17N5O2. The number of urea groups is 1. The average molecular weight is 251 g/mol. The van der Waals surface area contributed by atoms with Gasteiger partial charge in [-0.15, -0.1) is 0 Å². The van der Waals surface area contributed by atoms with E-state index in [-0.39, 0.29) is 11.7 Å². The first-order chi connectivity index (χ1) is 8.70. The lowest BCUT2D eigenvalue weighted by atomic mass is 10.4. The number of anilines is 1. The molecule has 2 rings (SSSR count). The molecule has 1 fully saturated rings. The molecule has 2 N–H and O–H groups in total. The second kappa shape index (κ2) is 5.63. The lowest BCUT2D eigenvalue weighted by Gasteiger charge is -2.27. The molecule has 0 unspecified atom stereocenters.